The molecule has 45 heavy (non-hydrogen) atoms. The van der Waals surface area contributed by atoms with E-state index in [-0.39, 0.29) is 11.3 Å². The van der Waals surface area contributed by atoms with Crippen molar-refractivity contribution >= 4 is 17.5 Å². The summed E-state index contributed by atoms with van der Waals surface area (Å²) in [6, 6.07) is 8.81. The number of fused-ring (bicyclic) bond motifs is 1. The first kappa shape index (κ1) is 32.9. The maximum Gasteiger partial charge on any atom is 0.337 e. The lowest BCUT2D eigenvalue weighted by molar-refractivity contribution is -0.160. The van der Waals surface area contributed by atoms with Crippen LogP contribution in [0.2, 0.25) is 0 Å². The van der Waals surface area contributed by atoms with Crippen LogP contribution in [-0.4, -0.2) is 51.3 Å². The summed E-state index contributed by atoms with van der Waals surface area (Å²) in [5.74, 6) is 1.15. The molecule has 2 aliphatic heterocycles. The molecule has 2 aromatic heterocycles. The number of rotatable bonds is 7. The SMILES string of the molecule is Cc1cc(N2CCc3cc(-c4c(C)nc(C)c(C(OC(C)(C)C)C(=O)O)c4N4CCC(C)(C)CC4)ccc3C2)nc(C(C)C)n1. The summed E-state index contributed by atoms with van der Waals surface area (Å²) < 4.78 is 6.26. The molecule has 0 spiro atoms. The molecule has 1 atom stereocenters. The van der Waals surface area contributed by atoms with Gasteiger partial charge in [-0.05, 0) is 82.9 Å². The molecule has 3 aromatic rings. The van der Waals surface area contributed by atoms with Crippen LogP contribution < -0.4 is 9.80 Å². The molecule has 0 amide bonds. The summed E-state index contributed by atoms with van der Waals surface area (Å²) in [4.78, 5) is 32.1. The zero-order chi connectivity index (χ0) is 32.8. The Kier molecular flexibility index (Phi) is 9.02. The Morgan fingerprint density at radius 2 is 1.62 bits per heavy atom. The summed E-state index contributed by atoms with van der Waals surface area (Å²) in [7, 11) is 0. The number of aryl methyl sites for hydroxylation is 3. The van der Waals surface area contributed by atoms with Gasteiger partial charge in [0.15, 0.2) is 6.10 Å². The van der Waals surface area contributed by atoms with Gasteiger partial charge in [-0.25, -0.2) is 14.8 Å². The van der Waals surface area contributed by atoms with Gasteiger partial charge in [0.05, 0.1) is 11.3 Å². The Bertz CT molecular complexity index is 1580. The number of anilines is 2. The van der Waals surface area contributed by atoms with Crippen LogP contribution in [0.25, 0.3) is 11.1 Å². The number of carboxylic acids is 1. The van der Waals surface area contributed by atoms with E-state index in [0.29, 0.717) is 11.3 Å². The van der Waals surface area contributed by atoms with Crippen LogP contribution in [0.4, 0.5) is 11.5 Å². The van der Waals surface area contributed by atoms with E-state index in [1.165, 1.54) is 11.1 Å². The van der Waals surface area contributed by atoms with Gasteiger partial charge in [-0.1, -0.05) is 45.9 Å². The molecule has 0 bridgehead atoms. The van der Waals surface area contributed by atoms with Crippen LogP contribution >= 0.6 is 0 Å². The maximum atomic E-state index is 12.8. The molecule has 1 unspecified atom stereocenters. The number of carbonyl (C=O) groups is 1. The van der Waals surface area contributed by atoms with Gasteiger partial charge >= 0.3 is 5.97 Å². The Morgan fingerprint density at radius 1 is 0.933 bits per heavy atom. The summed E-state index contributed by atoms with van der Waals surface area (Å²) in [6.45, 7) is 24.0. The molecule has 5 rings (SSSR count). The van der Waals surface area contributed by atoms with Crippen LogP contribution in [0.15, 0.2) is 24.3 Å². The standard InChI is InChI=1S/C37H51N5O3/c1-22(2)34-38-23(3)19-29(40-34)42-16-13-26-20-27(11-12-28(26)21-42)30-24(4)39-25(5)31(33(35(43)44)45-36(6,7)8)32(30)41-17-14-37(9,10)15-18-41/h11-12,19-20,22,33H,13-18,21H2,1-10H3,(H,43,44). The van der Waals surface area contributed by atoms with E-state index in [4.69, 9.17) is 14.7 Å². The minimum absolute atomic E-state index is 0.248. The molecule has 8 heteroatoms. The van der Waals surface area contributed by atoms with Crippen molar-refractivity contribution in [2.45, 2.75) is 113 Å². The van der Waals surface area contributed by atoms with Gasteiger partial charge in [0.1, 0.15) is 11.6 Å². The first-order valence-corrected chi connectivity index (χ1v) is 16.4. The fourth-order valence-corrected chi connectivity index (χ4v) is 6.65. The largest absolute Gasteiger partial charge is 0.479 e. The minimum atomic E-state index is -1.12. The third-order valence-electron chi connectivity index (χ3n) is 9.18. The summed E-state index contributed by atoms with van der Waals surface area (Å²) in [6.07, 6.45) is 1.84. The molecule has 242 valence electrons. The highest BCUT2D eigenvalue weighted by Crippen LogP contribution is 2.45. The fraction of sp³-hybridized carbons (Fsp3) is 0.568. The molecule has 1 fully saturated rings. The Labute approximate surface area is 269 Å². The number of piperidine rings is 1. The van der Waals surface area contributed by atoms with Crippen molar-refractivity contribution in [2.24, 2.45) is 5.41 Å². The van der Waals surface area contributed by atoms with Crippen molar-refractivity contribution in [1.29, 1.82) is 0 Å². The average molecular weight is 614 g/mol. The van der Waals surface area contributed by atoms with Gasteiger partial charge in [-0.15, -0.1) is 0 Å². The van der Waals surface area contributed by atoms with Gasteiger partial charge in [-0.3, -0.25) is 4.98 Å². The van der Waals surface area contributed by atoms with Crippen LogP contribution in [0, 0.1) is 26.2 Å². The molecular formula is C37H51N5O3. The first-order chi connectivity index (χ1) is 21.0. The van der Waals surface area contributed by atoms with Crippen molar-refractivity contribution in [1.82, 2.24) is 15.0 Å². The highest BCUT2D eigenvalue weighted by Gasteiger charge is 2.36. The molecule has 2 aliphatic rings. The second-order valence-corrected chi connectivity index (χ2v) is 15.1. The van der Waals surface area contributed by atoms with Crippen LogP contribution in [0.5, 0.6) is 0 Å². The predicted molar refractivity (Wildman–Crippen MR) is 181 cm³/mol. The van der Waals surface area contributed by atoms with Gasteiger partial charge in [0.25, 0.3) is 0 Å². The number of pyridine rings is 1. The Hall–Kier alpha value is -3.52. The lowest BCUT2D eigenvalue weighted by atomic mass is 9.81. The molecule has 8 nitrogen and oxygen atoms in total. The lowest BCUT2D eigenvalue weighted by Crippen LogP contribution is -2.39. The van der Waals surface area contributed by atoms with Crippen molar-refractivity contribution in [3.05, 3.63) is 63.9 Å². The van der Waals surface area contributed by atoms with Gasteiger partial charge in [0, 0.05) is 66.4 Å². The number of hydrogen-bond donors (Lipinski definition) is 1. The second kappa shape index (κ2) is 12.3. The highest BCUT2D eigenvalue weighted by atomic mass is 16.5. The van der Waals surface area contributed by atoms with Crippen LogP contribution in [0.3, 0.4) is 0 Å². The fourth-order valence-electron chi connectivity index (χ4n) is 6.65. The number of aliphatic carboxylic acids is 1. The number of carboxylic acid groups (broad SMARTS) is 1. The maximum absolute atomic E-state index is 12.8. The minimum Gasteiger partial charge on any atom is -0.479 e. The van der Waals surface area contributed by atoms with E-state index in [1.54, 1.807) is 0 Å². The molecule has 4 heterocycles. The first-order valence-electron chi connectivity index (χ1n) is 16.4. The molecule has 0 radical (unpaired) electrons. The summed E-state index contributed by atoms with van der Waals surface area (Å²) in [5, 5.41) is 10.5. The Balaban J connectivity index is 1.60. The number of hydrogen-bond acceptors (Lipinski definition) is 7. The third-order valence-corrected chi connectivity index (χ3v) is 9.18. The third kappa shape index (κ3) is 7.16. The smallest absolute Gasteiger partial charge is 0.337 e. The van der Waals surface area contributed by atoms with Crippen molar-refractivity contribution in [3.63, 3.8) is 0 Å². The van der Waals surface area contributed by atoms with E-state index in [2.05, 4.69) is 73.7 Å². The van der Waals surface area contributed by atoms with E-state index in [1.807, 2.05) is 34.6 Å². The molecular weight excluding hydrogens is 562 g/mol. The molecule has 0 aliphatic carbocycles. The zero-order valence-corrected chi connectivity index (χ0v) is 28.9. The highest BCUT2D eigenvalue weighted by molar-refractivity contribution is 5.88. The van der Waals surface area contributed by atoms with E-state index >= 15 is 0 Å². The zero-order valence-electron chi connectivity index (χ0n) is 28.9. The number of aromatic nitrogens is 3. The number of nitrogens with zero attached hydrogens (tertiary/aromatic N) is 5. The van der Waals surface area contributed by atoms with Crippen molar-refractivity contribution < 1.29 is 14.6 Å². The molecule has 1 aromatic carbocycles. The predicted octanol–water partition coefficient (Wildman–Crippen LogP) is 7.72. The monoisotopic (exact) mass is 613 g/mol. The quantitative estimate of drug-likeness (QED) is 0.290. The van der Waals surface area contributed by atoms with Crippen molar-refractivity contribution in [2.75, 3.05) is 29.4 Å². The summed E-state index contributed by atoms with van der Waals surface area (Å²) in [5.41, 5.74) is 8.53. The Morgan fingerprint density at radius 3 is 2.24 bits per heavy atom. The van der Waals surface area contributed by atoms with E-state index in [0.717, 1.165) is 85.3 Å². The van der Waals surface area contributed by atoms with Crippen LogP contribution in [0.1, 0.15) is 113 Å². The van der Waals surface area contributed by atoms with Crippen LogP contribution in [-0.2, 0) is 22.5 Å². The second-order valence-electron chi connectivity index (χ2n) is 15.1. The van der Waals surface area contributed by atoms with E-state index < -0.39 is 17.7 Å². The van der Waals surface area contributed by atoms with Crippen molar-refractivity contribution in [3.8, 4) is 11.1 Å². The van der Waals surface area contributed by atoms with Gasteiger partial charge < -0.3 is 19.6 Å². The topological polar surface area (TPSA) is 91.7 Å². The molecule has 1 saturated heterocycles. The molecule has 1 N–H and O–H groups in total. The van der Waals surface area contributed by atoms with Gasteiger partial charge in [-0.2, -0.15) is 0 Å². The summed E-state index contributed by atoms with van der Waals surface area (Å²) >= 11 is 0. The van der Waals surface area contributed by atoms with E-state index in [9.17, 15) is 9.90 Å². The average Bonchev–Trinajstić information content (AvgIpc) is 2.94. The number of ether oxygens (including phenoxy) is 1. The lowest BCUT2D eigenvalue weighted by Gasteiger charge is -2.41. The molecule has 0 saturated carbocycles. The van der Waals surface area contributed by atoms with Gasteiger partial charge in [0.2, 0.25) is 0 Å². The number of benzene rings is 1. The normalized spacial score (nSPS) is 17.4.